The second-order valence-corrected chi connectivity index (χ2v) is 25.4. The summed E-state index contributed by atoms with van der Waals surface area (Å²) in [4.78, 5) is 10.9. The van der Waals surface area contributed by atoms with E-state index in [4.69, 9.17) is 67.4 Å². The van der Waals surface area contributed by atoms with Crippen molar-refractivity contribution in [3.05, 3.63) is 167 Å². The molecule has 0 aliphatic heterocycles. The molecule has 0 amide bonds. The zero-order valence-corrected chi connectivity index (χ0v) is 61.9. The number of rotatable bonds is 26. The maximum atomic E-state index is 10.9. The lowest BCUT2D eigenvalue weighted by Gasteiger charge is -2.22. The lowest BCUT2D eigenvalue weighted by Crippen LogP contribution is -2.18. The number of carbonyl (C=O) groups is 1. The molecule has 0 saturated carbocycles. The van der Waals surface area contributed by atoms with E-state index in [0.717, 1.165) is 70.3 Å². The number of nitrogens with zero attached hydrogens (tertiary/aromatic N) is 2. The lowest BCUT2D eigenvalue weighted by molar-refractivity contribution is -0.111. The Balaban J connectivity index is 0.000000573. The van der Waals surface area contributed by atoms with Gasteiger partial charge in [-0.25, -0.2) is 0 Å². The fourth-order valence-corrected chi connectivity index (χ4v) is 8.73. The van der Waals surface area contributed by atoms with Crippen LogP contribution in [0.1, 0.15) is 162 Å². The fraction of sp³-hybridized carbons (Fsp3) is 0.463. The van der Waals surface area contributed by atoms with Crippen molar-refractivity contribution >= 4 is 6.29 Å². The second-order valence-electron chi connectivity index (χ2n) is 25.4. The summed E-state index contributed by atoms with van der Waals surface area (Å²) in [6.07, 6.45) is 17.6. The molecule has 6 aromatic carbocycles. The summed E-state index contributed by atoms with van der Waals surface area (Å²) in [7, 11) is 19.6. The third-order valence-corrected chi connectivity index (χ3v) is 15.4. The molecule has 0 unspecified atom stereocenters. The standard InChI is InChI=1S/2C17H26O2.C12H15NO2.C12H16O3.C12H18O2.C10H11NO2/c2*1-6-7-8-9-10-17(2,3)14-11-15(18-4)13-16(12-14)19-5;2*1-12(2,8-13)9-5-10(14-3)7-11(6-9)15-4;1-12(2,3)9-6-10(13-4)8-11(7-9)14-5;1-12-9-5-8(3-4-11)6-10(7-9)13-2/h2*9-13H,6-8H2,1-5H3;5-7H,1-4H3;5-8H,1-4H3;6-8H,1-5H3;5-7H,3H2,1-2H3/b10-9+;10-9-;;;;. The molecule has 0 aliphatic carbocycles. The maximum Gasteiger partial charge on any atom is 0.129 e. The van der Waals surface area contributed by atoms with Crippen molar-refractivity contribution in [2.24, 2.45) is 0 Å². The van der Waals surface area contributed by atoms with Crippen LogP contribution in [-0.4, -0.2) is 91.6 Å². The minimum Gasteiger partial charge on any atom is -0.497 e. The number of hydrogen-bond acceptors (Lipinski definition) is 15. The van der Waals surface area contributed by atoms with Crippen LogP contribution in [0.4, 0.5) is 0 Å². The highest BCUT2D eigenvalue weighted by molar-refractivity contribution is 5.68. The van der Waals surface area contributed by atoms with Gasteiger partial charge in [0.15, 0.2) is 0 Å². The van der Waals surface area contributed by atoms with Crippen LogP contribution in [0.5, 0.6) is 69.0 Å². The molecule has 0 radical (unpaired) electrons. The number of methoxy groups -OCH3 is 12. The van der Waals surface area contributed by atoms with Crippen molar-refractivity contribution in [1.29, 1.82) is 10.5 Å². The monoisotopic (exact) mass is 1310 g/mol. The fourth-order valence-electron chi connectivity index (χ4n) is 8.73. The first-order chi connectivity index (χ1) is 44.9. The van der Waals surface area contributed by atoms with Gasteiger partial charge in [0.05, 0.1) is 109 Å². The van der Waals surface area contributed by atoms with Crippen LogP contribution in [0.2, 0.25) is 0 Å². The van der Waals surface area contributed by atoms with Gasteiger partial charge in [-0.1, -0.05) is 112 Å². The second kappa shape index (κ2) is 42.4. The Kier molecular flexibility index (Phi) is 37.5. The number of hydrogen-bond donors (Lipinski definition) is 0. The van der Waals surface area contributed by atoms with Gasteiger partial charge in [-0.3, -0.25) is 0 Å². The molecule has 0 aromatic heterocycles. The Labute approximate surface area is 571 Å². The first-order valence-electron chi connectivity index (χ1n) is 31.9. The third-order valence-electron chi connectivity index (χ3n) is 15.4. The Bertz CT molecular complexity index is 3160. The molecule has 0 aliphatic rings. The largest absolute Gasteiger partial charge is 0.497 e. The zero-order chi connectivity index (χ0) is 72.0. The number of ether oxygens (including phenoxy) is 12. The van der Waals surface area contributed by atoms with E-state index in [1.165, 1.54) is 42.4 Å². The van der Waals surface area contributed by atoms with Gasteiger partial charge in [-0.05, 0) is 152 Å². The predicted octanol–water partition coefficient (Wildman–Crippen LogP) is 18.9. The van der Waals surface area contributed by atoms with Crippen LogP contribution in [-0.2, 0) is 38.3 Å². The number of allylic oxidation sites excluding steroid dienone is 4. The minimum absolute atomic E-state index is 0.0183. The molecular weight excluding hydrogens is 1200 g/mol. The molecule has 0 bridgehead atoms. The van der Waals surface area contributed by atoms with Crippen molar-refractivity contribution in [3.63, 3.8) is 0 Å². The number of carbonyl (C=O) groups excluding carboxylic acids is 1. The van der Waals surface area contributed by atoms with Crippen molar-refractivity contribution in [2.45, 2.75) is 162 Å². The highest BCUT2D eigenvalue weighted by Gasteiger charge is 2.24. The zero-order valence-electron chi connectivity index (χ0n) is 61.9. The Hall–Kier alpha value is -8.95. The summed E-state index contributed by atoms with van der Waals surface area (Å²) in [6, 6.07) is 38.8. The molecule has 0 atom stereocenters. The number of aldehydes is 1. The van der Waals surface area contributed by atoms with Crippen molar-refractivity contribution in [3.8, 4) is 81.1 Å². The highest BCUT2D eigenvalue weighted by atomic mass is 16.5. The van der Waals surface area contributed by atoms with Crippen LogP contribution in [0.15, 0.2) is 133 Å². The quantitative estimate of drug-likeness (QED) is 0.0285. The molecular formula is C80H112N2O13. The van der Waals surface area contributed by atoms with E-state index in [0.29, 0.717) is 40.9 Å². The molecule has 0 fully saturated rings. The lowest BCUT2D eigenvalue weighted by atomic mass is 9.84. The molecule has 0 spiro atoms. The first-order valence-corrected chi connectivity index (χ1v) is 31.9. The number of unbranched alkanes of at least 4 members (excludes halogenated alkanes) is 4. The first kappa shape index (κ1) is 84.1. The van der Waals surface area contributed by atoms with Gasteiger partial charge in [0.2, 0.25) is 0 Å². The van der Waals surface area contributed by atoms with Gasteiger partial charge < -0.3 is 61.6 Å². The van der Waals surface area contributed by atoms with E-state index in [9.17, 15) is 4.79 Å². The van der Waals surface area contributed by atoms with Crippen molar-refractivity contribution < 1.29 is 61.6 Å². The third kappa shape index (κ3) is 29.9. The predicted molar refractivity (Wildman–Crippen MR) is 386 cm³/mol. The molecule has 520 valence electrons. The van der Waals surface area contributed by atoms with E-state index < -0.39 is 10.8 Å². The molecule has 0 heterocycles. The topological polar surface area (TPSA) is 175 Å². The van der Waals surface area contributed by atoms with E-state index in [-0.39, 0.29) is 16.2 Å². The van der Waals surface area contributed by atoms with Crippen LogP contribution in [0.25, 0.3) is 0 Å². The number of nitriles is 2. The summed E-state index contributed by atoms with van der Waals surface area (Å²) >= 11 is 0. The molecule has 15 heteroatoms. The van der Waals surface area contributed by atoms with E-state index in [2.05, 4.69) is 123 Å². The smallest absolute Gasteiger partial charge is 0.129 e. The van der Waals surface area contributed by atoms with E-state index in [1.807, 2.05) is 94.4 Å². The summed E-state index contributed by atoms with van der Waals surface area (Å²) in [5.41, 5.74) is 5.31. The summed E-state index contributed by atoms with van der Waals surface area (Å²) < 4.78 is 62.4. The van der Waals surface area contributed by atoms with Crippen molar-refractivity contribution in [1.82, 2.24) is 0 Å². The number of benzene rings is 6. The maximum absolute atomic E-state index is 10.9. The molecule has 6 rings (SSSR count). The van der Waals surface area contributed by atoms with Crippen LogP contribution in [0.3, 0.4) is 0 Å². The molecule has 0 N–H and O–H groups in total. The minimum atomic E-state index is -0.540. The average Bonchev–Trinajstić information content (AvgIpc) is 0.918. The Morgan fingerprint density at radius 1 is 0.337 bits per heavy atom. The van der Waals surface area contributed by atoms with Crippen LogP contribution in [0, 0.1) is 22.7 Å². The van der Waals surface area contributed by atoms with E-state index >= 15 is 0 Å². The van der Waals surface area contributed by atoms with Crippen LogP contribution < -0.4 is 56.8 Å². The SMILES string of the molecule is CCCC/C=C/C(C)(C)c1cc(OC)cc(OC)c1.CCCC/C=C\C(C)(C)c1cc(OC)cc(OC)c1.COc1cc(CC#N)cc(OC)c1.COc1cc(OC)cc(C(C)(C)C#N)c1.COc1cc(OC)cc(C(C)(C)C)c1.COc1cc(OC)cc(C(C)(C)C=O)c1. The van der Waals surface area contributed by atoms with Gasteiger partial charge in [-0.2, -0.15) is 10.5 Å². The molecule has 6 aromatic rings. The molecule has 15 nitrogen and oxygen atoms in total. The van der Waals surface area contributed by atoms with Gasteiger partial charge in [0.1, 0.15) is 75.3 Å². The molecule has 0 saturated heterocycles. The summed E-state index contributed by atoms with van der Waals surface area (Å²) in [6.45, 7) is 27.2. The van der Waals surface area contributed by atoms with E-state index in [1.54, 1.807) is 104 Å². The van der Waals surface area contributed by atoms with Crippen LogP contribution >= 0.6 is 0 Å². The summed E-state index contributed by atoms with van der Waals surface area (Å²) in [5, 5.41) is 17.6. The summed E-state index contributed by atoms with van der Waals surface area (Å²) in [5.74, 6) is 9.25. The van der Waals surface area contributed by atoms with Crippen molar-refractivity contribution in [2.75, 3.05) is 85.3 Å². The van der Waals surface area contributed by atoms with Gasteiger partial charge >= 0.3 is 0 Å². The molecule has 95 heavy (non-hydrogen) atoms. The Morgan fingerprint density at radius 2 is 0.568 bits per heavy atom. The van der Waals surface area contributed by atoms with Gasteiger partial charge in [0, 0.05) is 52.6 Å². The Morgan fingerprint density at radius 3 is 0.779 bits per heavy atom. The highest BCUT2D eigenvalue weighted by Crippen LogP contribution is 2.36. The van der Waals surface area contributed by atoms with Gasteiger partial charge in [0.25, 0.3) is 0 Å². The average molecular weight is 1310 g/mol. The van der Waals surface area contributed by atoms with Gasteiger partial charge in [-0.15, -0.1) is 0 Å². The normalized spacial score (nSPS) is 11.0.